The summed E-state index contributed by atoms with van der Waals surface area (Å²) >= 11 is 0. The normalized spacial score (nSPS) is 11.6. The molecule has 0 fully saturated rings. The second kappa shape index (κ2) is 10.2. The smallest absolute Gasteiger partial charge is 0.124 e. The van der Waals surface area contributed by atoms with Crippen LogP contribution in [0.4, 0.5) is 11.4 Å². The average Bonchev–Trinajstić information content (AvgIpc) is 3.31. The Bertz CT molecular complexity index is 1300. The molecule has 0 unspecified atom stereocenters. The summed E-state index contributed by atoms with van der Waals surface area (Å²) in [5.74, 6) is 1.26. The fraction of sp³-hybridized carbons (Fsp3) is 0.250. The zero-order valence-corrected chi connectivity index (χ0v) is 19.5. The number of benzene rings is 2. The van der Waals surface area contributed by atoms with Gasteiger partial charge < -0.3 is 24.3 Å². The van der Waals surface area contributed by atoms with Gasteiger partial charge in [0.15, 0.2) is 0 Å². The summed E-state index contributed by atoms with van der Waals surface area (Å²) in [6.45, 7) is 0.439. The summed E-state index contributed by atoms with van der Waals surface area (Å²) in [5.41, 5.74) is 5.12. The lowest BCUT2D eigenvalue weighted by Crippen LogP contribution is -2.28. The second-order valence-corrected chi connectivity index (χ2v) is 7.59. The average molecular weight is 463 g/mol. The predicted octanol–water partition coefficient (Wildman–Crippen LogP) is 3.66. The molecule has 0 amide bonds. The van der Waals surface area contributed by atoms with Crippen molar-refractivity contribution in [1.29, 1.82) is 0 Å². The maximum absolute atomic E-state index is 9.54. The van der Waals surface area contributed by atoms with Gasteiger partial charge in [0.05, 0.1) is 56.5 Å². The molecule has 10 heteroatoms. The van der Waals surface area contributed by atoms with Gasteiger partial charge in [-0.2, -0.15) is 5.10 Å². The fourth-order valence-corrected chi connectivity index (χ4v) is 3.60. The van der Waals surface area contributed by atoms with E-state index >= 15 is 0 Å². The topological polar surface area (TPSA) is 107 Å². The Balaban J connectivity index is 1.82. The van der Waals surface area contributed by atoms with Crippen LogP contribution in [-0.2, 0) is 11.8 Å². The minimum Gasteiger partial charge on any atom is -0.497 e. The first kappa shape index (κ1) is 23.0. The van der Waals surface area contributed by atoms with Crippen LogP contribution in [-0.4, -0.2) is 65.1 Å². The molecule has 2 aromatic carbocycles. The van der Waals surface area contributed by atoms with Crippen LogP contribution < -0.4 is 14.4 Å². The number of aryl methyl sites for hydroxylation is 1. The molecular formula is C24H26N6O4. The van der Waals surface area contributed by atoms with Crippen molar-refractivity contribution in [1.82, 2.24) is 19.7 Å². The number of fused-ring (bicyclic) bond motifs is 1. The highest BCUT2D eigenvalue weighted by Crippen LogP contribution is 2.34. The molecule has 0 aliphatic carbocycles. The summed E-state index contributed by atoms with van der Waals surface area (Å²) in [7, 11) is 6.60. The minimum atomic E-state index is 0.173. The van der Waals surface area contributed by atoms with E-state index in [0.29, 0.717) is 22.7 Å². The molecule has 0 spiro atoms. The Morgan fingerprint density at radius 2 is 1.76 bits per heavy atom. The van der Waals surface area contributed by atoms with Crippen molar-refractivity contribution in [3.63, 3.8) is 0 Å². The Hall–Kier alpha value is -4.18. The number of methoxy groups -OCH3 is 3. The van der Waals surface area contributed by atoms with E-state index in [-0.39, 0.29) is 13.2 Å². The van der Waals surface area contributed by atoms with E-state index in [4.69, 9.17) is 19.2 Å². The van der Waals surface area contributed by atoms with Gasteiger partial charge in [0.25, 0.3) is 0 Å². The third-order valence-corrected chi connectivity index (χ3v) is 5.28. The number of aromatic nitrogens is 4. The number of ether oxygens (including phenoxy) is 3. The SMILES string of the molecule is COC/C(CN(c1cc(OC)cc(OC)c1)c1ccc2ncc(-c3cnn(C)c3)nc2c1)=N\O. The Morgan fingerprint density at radius 3 is 2.38 bits per heavy atom. The standard InChI is InChI=1S/C24H26N6O4/c1-29-13-16(11-26-29)24-12-25-22-6-5-18(9-23(22)27-24)30(14-17(28-31)15-32-2)19-7-20(33-3)10-21(8-19)34-4/h5-13,31H,14-15H2,1-4H3/b28-17-. The van der Waals surface area contributed by atoms with Crippen molar-refractivity contribution in [2.24, 2.45) is 12.2 Å². The number of hydrogen-bond donors (Lipinski definition) is 1. The molecule has 0 aliphatic heterocycles. The Labute approximate surface area is 197 Å². The van der Waals surface area contributed by atoms with Crippen LogP contribution >= 0.6 is 0 Å². The van der Waals surface area contributed by atoms with E-state index < -0.39 is 0 Å². The van der Waals surface area contributed by atoms with Crippen molar-refractivity contribution in [3.05, 3.63) is 55.0 Å². The van der Waals surface area contributed by atoms with E-state index in [2.05, 4.69) is 15.2 Å². The molecule has 0 atom stereocenters. The second-order valence-electron chi connectivity index (χ2n) is 7.59. The van der Waals surface area contributed by atoms with Crippen LogP contribution in [0.3, 0.4) is 0 Å². The molecule has 0 saturated heterocycles. The lowest BCUT2D eigenvalue weighted by molar-refractivity contribution is 0.236. The number of hydrogen-bond acceptors (Lipinski definition) is 9. The molecule has 0 bridgehead atoms. The van der Waals surface area contributed by atoms with Crippen molar-refractivity contribution >= 4 is 28.1 Å². The predicted molar refractivity (Wildman–Crippen MR) is 129 cm³/mol. The van der Waals surface area contributed by atoms with Gasteiger partial charge in [-0.25, -0.2) is 4.98 Å². The maximum atomic E-state index is 9.54. The highest BCUT2D eigenvalue weighted by molar-refractivity contribution is 5.92. The summed E-state index contributed by atoms with van der Waals surface area (Å²) < 4.78 is 17.8. The van der Waals surface area contributed by atoms with Gasteiger partial charge in [-0.05, 0) is 18.2 Å². The molecule has 4 aromatic rings. The van der Waals surface area contributed by atoms with Crippen molar-refractivity contribution in [2.75, 3.05) is 39.4 Å². The number of anilines is 2. The van der Waals surface area contributed by atoms with Gasteiger partial charge in [0.2, 0.25) is 0 Å². The number of rotatable bonds is 9. The maximum Gasteiger partial charge on any atom is 0.124 e. The zero-order chi connectivity index (χ0) is 24.1. The van der Waals surface area contributed by atoms with Crippen molar-refractivity contribution in [2.45, 2.75) is 0 Å². The molecule has 176 valence electrons. The Kier molecular flexibility index (Phi) is 6.88. The molecule has 2 heterocycles. The van der Waals surface area contributed by atoms with Gasteiger partial charge in [0, 0.05) is 55.5 Å². The highest BCUT2D eigenvalue weighted by atomic mass is 16.5. The number of oxime groups is 1. The number of nitrogens with zero attached hydrogens (tertiary/aromatic N) is 6. The molecule has 2 aromatic heterocycles. The van der Waals surface area contributed by atoms with Crippen molar-refractivity contribution in [3.8, 4) is 22.8 Å². The van der Waals surface area contributed by atoms with Gasteiger partial charge in [-0.15, -0.1) is 0 Å². The lowest BCUT2D eigenvalue weighted by atomic mass is 10.1. The van der Waals surface area contributed by atoms with E-state index in [1.807, 2.05) is 48.5 Å². The molecule has 34 heavy (non-hydrogen) atoms. The minimum absolute atomic E-state index is 0.173. The van der Waals surface area contributed by atoms with Crippen LogP contribution in [0.15, 0.2) is 60.1 Å². The van der Waals surface area contributed by atoms with E-state index in [0.717, 1.165) is 28.1 Å². The first-order valence-electron chi connectivity index (χ1n) is 10.5. The third-order valence-electron chi connectivity index (χ3n) is 5.28. The fourth-order valence-electron chi connectivity index (χ4n) is 3.60. The zero-order valence-electron chi connectivity index (χ0n) is 19.5. The molecule has 0 aliphatic rings. The Morgan fingerprint density at radius 1 is 1.00 bits per heavy atom. The van der Waals surface area contributed by atoms with E-state index in [1.165, 1.54) is 0 Å². The molecule has 0 saturated carbocycles. The quantitative estimate of drug-likeness (QED) is 0.228. The van der Waals surface area contributed by atoms with E-state index in [9.17, 15) is 5.21 Å². The van der Waals surface area contributed by atoms with Crippen LogP contribution in [0.1, 0.15) is 0 Å². The highest BCUT2D eigenvalue weighted by Gasteiger charge is 2.17. The molecule has 4 rings (SSSR count). The van der Waals surface area contributed by atoms with Gasteiger partial charge >= 0.3 is 0 Å². The molecule has 0 radical (unpaired) electrons. The molecule has 1 N–H and O–H groups in total. The first-order valence-corrected chi connectivity index (χ1v) is 10.5. The van der Waals surface area contributed by atoms with Gasteiger partial charge in [-0.3, -0.25) is 9.67 Å². The van der Waals surface area contributed by atoms with Crippen LogP contribution in [0, 0.1) is 0 Å². The summed E-state index contributed by atoms with van der Waals surface area (Å²) in [4.78, 5) is 11.3. The first-order chi connectivity index (χ1) is 16.5. The van der Waals surface area contributed by atoms with Crippen molar-refractivity contribution < 1.29 is 19.4 Å². The lowest BCUT2D eigenvalue weighted by Gasteiger charge is -2.26. The molecular weight excluding hydrogens is 436 g/mol. The van der Waals surface area contributed by atoms with Crippen LogP contribution in [0.2, 0.25) is 0 Å². The van der Waals surface area contributed by atoms with Gasteiger partial charge in [-0.1, -0.05) is 5.16 Å². The summed E-state index contributed by atoms with van der Waals surface area (Å²) in [5, 5.41) is 17.2. The summed E-state index contributed by atoms with van der Waals surface area (Å²) in [6.07, 6.45) is 5.38. The van der Waals surface area contributed by atoms with Crippen LogP contribution in [0.25, 0.3) is 22.3 Å². The molecule has 10 nitrogen and oxygen atoms in total. The van der Waals surface area contributed by atoms with Gasteiger partial charge in [0.1, 0.15) is 17.2 Å². The summed E-state index contributed by atoms with van der Waals surface area (Å²) in [6, 6.07) is 11.3. The monoisotopic (exact) mass is 462 g/mol. The third kappa shape index (κ3) is 4.91. The largest absolute Gasteiger partial charge is 0.497 e. The van der Waals surface area contributed by atoms with Crippen LogP contribution in [0.5, 0.6) is 11.5 Å². The van der Waals surface area contributed by atoms with E-state index in [1.54, 1.807) is 44.5 Å².